The van der Waals surface area contributed by atoms with Crippen molar-refractivity contribution < 1.29 is 14.3 Å². The molecule has 1 aromatic heterocycles. The summed E-state index contributed by atoms with van der Waals surface area (Å²) in [4.78, 5) is 16.3. The van der Waals surface area contributed by atoms with Crippen LogP contribution in [0.4, 0.5) is 22.1 Å². The van der Waals surface area contributed by atoms with Gasteiger partial charge in [0.2, 0.25) is 0 Å². The van der Waals surface area contributed by atoms with Gasteiger partial charge in [-0.25, -0.2) is 4.79 Å². The lowest BCUT2D eigenvalue weighted by Crippen LogP contribution is -2.47. The molecule has 0 radical (unpaired) electrons. The molecule has 150 valence electrons. The number of aromatic nitrogens is 2. The molecule has 0 spiro atoms. The number of hydrogen-bond donors (Lipinski definition) is 1. The third-order valence-corrected chi connectivity index (χ3v) is 4.31. The number of para-hydroxylation sites is 2. The van der Waals surface area contributed by atoms with Gasteiger partial charge < -0.3 is 19.3 Å². The van der Waals surface area contributed by atoms with Crippen LogP contribution in [0, 0.1) is 0 Å². The predicted molar refractivity (Wildman–Crippen MR) is 109 cm³/mol. The lowest BCUT2D eigenvalue weighted by atomic mass is 10.2. The number of ether oxygens (including phenoxy) is 2. The summed E-state index contributed by atoms with van der Waals surface area (Å²) in [5, 5.41) is 10.9. The summed E-state index contributed by atoms with van der Waals surface area (Å²) < 4.78 is 10.7. The van der Waals surface area contributed by atoms with E-state index in [0.717, 1.165) is 43.4 Å². The molecule has 1 aliphatic heterocycles. The summed E-state index contributed by atoms with van der Waals surface area (Å²) in [5.41, 5.74) is 0.547. The minimum atomic E-state index is -0.557. The van der Waals surface area contributed by atoms with Crippen LogP contribution in [0.25, 0.3) is 0 Å². The van der Waals surface area contributed by atoms with Crippen LogP contribution >= 0.6 is 0 Å². The zero-order chi connectivity index (χ0) is 20.1. The van der Waals surface area contributed by atoms with E-state index in [1.165, 1.54) is 0 Å². The summed E-state index contributed by atoms with van der Waals surface area (Å²) >= 11 is 0. The Hall–Kier alpha value is -3.03. The molecule has 0 aliphatic carbocycles. The standard InChI is InChI=1S/C20H27N5O3/c1-20(2,3)28-19(26)21-17-9-10-18(23-22-17)25-13-11-24(12-14-25)15-7-5-6-8-16(15)27-4/h5-10H,11-14H2,1-4H3,(H,21,22,26). The topological polar surface area (TPSA) is 79.8 Å². The van der Waals surface area contributed by atoms with Gasteiger partial charge in [0.05, 0.1) is 12.8 Å². The zero-order valence-electron chi connectivity index (χ0n) is 16.8. The maximum Gasteiger partial charge on any atom is 0.413 e. The third-order valence-electron chi connectivity index (χ3n) is 4.31. The van der Waals surface area contributed by atoms with Gasteiger partial charge in [-0.2, -0.15) is 0 Å². The minimum Gasteiger partial charge on any atom is -0.495 e. The highest BCUT2D eigenvalue weighted by molar-refractivity contribution is 5.83. The summed E-state index contributed by atoms with van der Waals surface area (Å²) in [6.45, 7) is 8.81. The number of methoxy groups -OCH3 is 1. The second-order valence-electron chi connectivity index (χ2n) is 7.55. The minimum absolute atomic E-state index is 0.366. The second-order valence-corrected chi connectivity index (χ2v) is 7.55. The summed E-state index contributed by atoms with van der Waals surface area (Å²) in [6, 6.07) is 11.6. The van der Waals surface area contributed by atoms with Gasteiger partial charge in [-0.3, -0.25) is 5.32 Å². The fourth-order valence-corrected chi connectivity index (χ4v) is 3.04. The molecule has 8 nitrogen and oxygen atoms in total. The normalized spacial score (nSPS) is 14.6. The van der Waals surface area contributed by atoms with E-state index in [1.807, 2.05) is 45.0 Å². The molecule has 8 heteroatoms. The highest BCUT2D eigenvalue weighted by Crippen LogP contribution is 2.29. The van der Waals surface area contributed by atoms with Crippen molar-refractivity contribution in [2.24, 2.45) is 0 Å². The van der Waals surface area contributed by atoms with Crippen LogP contribution in [-0.2, 0) is 4.74 Å². The molecular weight excluding hydrogens is 358 g/mol. The smallest absolute Gasteiger partial charge is 0.413 e. The first kappa shape index (κ1) is 19.7. The van der Waals surface area contributed by atoms with Gasteiger partial charge in [0.1, 0.15) is 11.4 Å². The maximum atomic E-state index is 11.8. The average Bonchev–Trinajstić information content (AvgIpc) is 2.67. The van der Waals surface area contributed by atoms with Crippen LogP contribution in [0.15, 0.2) is 36.4 Å². The number of anilines is 3. The van der Waals surface area contributed by atoms with Gasteiger partial charge >= 0.3 is 6.09 Å². The van der Waals surface area contributed by atoms with Crippen molar-refractivity contribution in [1.29, 1.82) is 0 Å². The number of amides is 1. The number of carbonyl (C=O) groups is 1. The number of nitrogens with zero attached hydrogens (tertiary/aromatic N) is 4. The van der Waals surface area contributed by atoms with Crippen LogP contribution in [0.3, 0.4) is 0 Å². The SMILES string of the molecule is COc1ccccc1N1CCN(c2ccc(NC(=O)OC(C)(C)C)nn2)CC1. The Morgan fingerprint density at radius 3 is 2.29 bits per heavy atom. The Kier molecular flexibility index (Phi) is 5.87. The molecule has 3 rings (SSSR count). The number of nitrogens with one attached hydrogen (secondary N) is 1. The molecule has 0 unspecified atom stereocenters. The number of piperazine rings is 1. The average molecular weight is 385 g/mol. The Morgan fingerprint density at radius 2 is 1.68 bits per heavy atom. The maximum absolute atomic E-state index is 11.8. The fourth-order valence-electron chi connectivity index (χ4n) is 3.04. The molecule has 1 aliphatic rings. The first-order chi connectivity index (χ1) is 13.4. The van der Waals surface area contributed by atoms with Crippen LogP contribution in [0.2, 0.25) is 0 Å². The zero-order valence-corrected chi connectivity index (χ0v) is 16.8. The van der Waals surface area contributed by atoms with Gasteiger partial charge in [0.25, 0.3) is 0 Å². The highest BCUT2D eigenvalue weighted by Gasteiger charge is 2.21. The Labute approximate surface area is 165 Å². The van der Waals surface area contributed by atoms with Crippen LogP contribution in [0.5, 0.6) is 5.75 Å². The molecule has 2 aromatic rings. The number of benzene rings is 1. The first-order valence-electron chi connectivity index (χ1n) is 9.32. The fraction of sp³-hybridized carbons (Fsp3) is 0.450. The molecule has 0 atom stereocenters. The highest BCUT2D eigenvalue weighted by atomic mass is 16.6. The van der Waals surface area contributed by atoms with E-state index in [4.69, 9.17) is 9.47 Å². The summed E-state index contributed by atoms with van der Waals surface area (Å²) in [6.07, 6.45) is -0.542. The molecule has 0 bridgehead atoms. The van der Waals surface area contributed by atoms with Crippen molar-refractivity contribution in [2.45, 2.75) is 26.4 Å². The summed E-state index contributed by atoms with van der Waals surface area (Å²) in [5.74, 6) is 2.04. The molecule has 1 saturated heterocycles. The number of rotatable bonds is 4. The Balaban J connectivity index is 1.57. The first-order valence-corrected chi connectivity index (χ1v) is 9.32. The molecule has 0 saturated carbocycles. The van der Waals surface area contributed by atoms with Gasteiger partial charge in [-0.15, -0.1) is 10.2 Å². The molecular formula is C20H27N5O3. The van der Waals surface area contributed by atoms with Crippen LogP contribution < -0.4 is 19.9 Å². The molecule has 1 aromatic carbocycles. The number of carbonyl (C=O) groups excluding carboxylic acids is 1. The summed E-state index contributed by atoms with van der Waals surface area (Å²) in [7, 11) is 1.69. The molecule has 2 heterocycles. The lowest BCUT2D eigenvalue weighted by Gasteiger charge is -2.37. The van der Waals surface area contributed by atoms with Crippen molar-refractivity contribution in [1.82, 2.24) is 10.2 Å². The molecule has 28 heavy (non-hydrogen) atoms. The van der Waals surface area contributed by atoms with Gasteiger partial charge in [0.15, 0.2) is 11.6 Å². The number of hydrogen-bond acceptors (Lipinski definition) is 7. The van der Waals surface area contributed by atoms with E-state index >= 15 is 0 Å². The largest absolute Gasteiger partial charge is 0.495 e. The van der Waals surface area contributed by atoms with Gasteiger partial charge in [-0.1, -0.05) is 12.1 Å². The van der Waals surface area contributed by atoms with E-state index in [1.54, 1.807) is 13.2 Å². The molecule has 1 N–H and O–H groups in total. The molecule has 1 fully saturated rings. The Bertz CT molecular complexity index is 796. The van der Waals surface area contributed by atoms with Crippen molar-refractivity contribution in [3.8, 4) is 5.75 Å². The lowest BCUT2D eigenvalue weighted by molar-refractivity contribution is 0.0635. The van der Waals surface area contributed by atoms with E-state index in [9.17, 15) is 4.79 Å². The van der Waals surface area contributed by atoms with Crippen molar-refractivity contribution in [3.63, 3.8) is 0 Å². The predicted octanol–water partition coefficient (Wildman–Crippen LogP) is 3.16. The Morgan fingerprint density at radius 1 is 1.00 bits per heavy atom. The quantitative estimate of drug-likeness (QED) is 0.866. The third kappa shape index (κ3) is 5.03. The van der Waals surface area contributed by atoms with Crippen molar-refractivity contribution in [2.75, 3.05) is 48.4 Å². The monoisotopic (exact) mass is 385 g/mol. The van der Waals surface area contributed by atoms with Crippen molar-refractivity contribution >= 4 is 23.4 Å². The van der Waals surface area contributed by atoms with Crippen molar-refractivity contribution in [3.05, 3.63) is 36.4 Å². The van der Waals surface area contributed by atoms with Crippen LogP contribution in [-0.4, -0.2) is 55.2 Å². The van der Waals surface area contributed by atoms with E-state index in [-0.39, 0.29) is 0 Å². The van der Waals surface area contributed by atoms with Gasteiger partial charge in [0, 0.05) is 26.2 Å². The van der Waals surface area contributed by atoms with E-state index in [2.05, 4.69) is 31.4 Å². The van der Waals surface area contributed by atoms with Gasteiger partial charge in [-0.05, 0) is 45.0 Å². The van der Waals surface area contributed by atoms with E-state index < -0.39 is 11.7 Å². The second kappa shape index (κ2) is 8.33. The van der Waals surface area contributed by atoms with E-state index in [0.29, 0.717) is 5.82 Å². The van der Waals surface area contributed by atoms with Crippen LogP contribution in [0.1, 0.15) is 20.8 Å². The molecule has 1 amide bonds.